The average molecular weight is 444 g/mol. The van der Waals surface area contributed by atoms with Crippen molar-refractivity contribution in [1.29, 1.82) is 0 Å². The molecule has 0 bridgehead atoms. The van der Waals surface area contributed by atoms with Gasteiger partial charge in [-0.15, -0.1) is 0 Å². The zero-order valence-corrected chi connectivity index (χ0v) is 19.1. The van der Waals surface area contributed by atoms with Gasteiger partial charge in [0.05, 0.1) is 38.1 Å². The Kier molecular flexibility index (Phi) is 7.49. The van der Waals surface area contributed by atoms with Gasteiger partial charge in [0.2, 0.25) is 0 Å². The Balaban J connectivity index is 1.30. The van der Waals surface area contributed by atoms with Gasteiger partial charge in [-0.05, 0) is 36.1 Å². The highest BCUT2D eigenvalue weighted by Crippen LogP contribution is 2.34. The molecule has 4 heteroatoms. The van der Waals surface area contributed by atoms with Crippen LogP contribution in [0.15, 0.2) is 91.0 Å². The summed E-state index contributed by atoms with van der Waals surface area (Å²) in [5.41, 5.74) is 3.60. The van der Waals surface area contributed by atoms with E-state index in [9.17, 15) is 0 Å². The second-order valence-corrected chi connectivity index (χ2v) is 9.06. The monoisotopic (exact) mass is 443 g/mol. The Bertz CT molecular complexity index is 966. The van der Waals surface area contributed by atoms with Gasteiger partial charge in [-0.2, -0.15) is 0 Å². The van der Waals surface area contributed by atoms with Crippen LogP contribution in [0.5, 0.6) is 0 Å². The minimum atomic E-state index is -0.0185. The minimum Gasteiger partial charge on any atom is -0.372 e. The van der Waals surface area contributed by atoms with E-state index in [1.807, 2.05) is 18.2 Å². The Morgan fingerprint density at radius 1 is 0.606 bits per heavy atom. The molecule has 2 fully saturated rings. The quantitative estimate of drug-likeness (QED) is 0.454. The number of rotatable bonds is 9. The van der Waals surface area contributed by atoms with Crippen molar-refractivity contribution in [3.05, 3.63) is 108 Å². The molecule has 2 aliphatic rings. The molecule has 0 aromatic heterocycles. The first kappa shape index (κ1) is 22.3. The summed E-state index contributed by atoms with van der Waals surface area (Å²) in [4.78, 5) is 2.53. The topological polar surface area (TPSA) is 30.9 Å². The summed E-state index contributed by atoms with van der Waals surface area (Å²) in [6.45, 7) is 3.80. The maximum absolute atomic E-state index is 6.60. The molecule has 0 amide bonds. The second kappa shape index (κ2) is 11.1. The van der Waals surface area contributed by atoms with Crippen molar-refractivity contribution in [3.63, 3.8) is 0 Å². The Morgan fingerprint density at radius 3 is 1.64 bits per heavy atom. The highest BCUT2D eigenvalue weighted by atomic mass is 16.5. The fourth-order valence-electron chi connectivity index (χ4n) is 5.09. The van der Waals surface area contributed by atoms with Gasteiger partial charge in [-0.3, -0.25) is 4.90 Å². The van der Waals surface area contributed by atoms with Crippen LogP contribution in [0.3, 0.4) is 0 Å². The van der Waals surface area contributed by atoms with Crippen LogP contribution in [0.1, 0.15) is 29.5 Å². The van der Waals surface area contributed by atoms with Crippen molar-refractivity contribution in [2.45, 2.75) is 57.0 Å². The normalized spacial score (nSPS) is 25.1. The zero-order chi connectivity index (χ0) is 22.3. The van der Waals surface area contributed by atoms with E-state index in [2.05, 4.69) is 77.7 Å². The maximum atomic E-state index is 6.60. The number of hydrogen-bond donors (Lipinski definition) is 0. The third kappa shape index (κ3) is 5.71. The minimum absolute atomic E-state index is 0.0185. The SMILES string of the molecule is c1ccc(CO[C@@H]2[C@H]3[C@@H](OCc4ccccc4)CCCN3C[C@@H]2OCc2ccccc2)cc1. The molecule has 172 valence electrons. The van der Waals surface area contributed by atoms with E-state index in [0.717, 1.165) is 25.9 Å². The number of fused-ring (bicyclic) bond motifs is 1. The molecule has 3 aromatic rings. The van der Waals surface area contributed by atoms with Crippen LogP contribution in [0.4, 0.5) is 0 Å². The molecule has 0 N–H and O–H groups in total. The van der Waals surface area contributed by atoms with Gasteiger partial charge in [0.25, 0.3) is 0 Å². The summed E-state index contributed by atoms with van der Waals surface area (Å²) >= 11 is 0. The lowest BCUT2D eigenvalue weighted by Gasteiger charge is -2.38. The third-order valence-corrected chi connectivity index (χ3v) is 6.75. The molecule has 3 aromatic carbocycles. The lowest BCUT2D eigenvalue weighted by molar-refractivity contribution is -0.110. The van der Waals surface area contributed by atoms with E-state index < -0.39 is 0 Å². The predicted molar refractivity (Wildman–Crippen MR) is 130 cm³/mol. The van der Waals surface area contributed by atoms with Crippen LogP contribution in [0.2, 0.25) is 0 Å². The molecule has 0 spiro atoms. The van der Waals surface area contributed by atoms with E-state index in [-0.39, 0.29) is 24.4 Å². The molecule has 0 unspecified atom stereocenters. The van der Waals surface area contributed by atoms with E-state index in [0.29, 0.717) is 19.8 Å². The van der Waals surface area contributed by atoms with Crippen LogP contribution >= 0.6 is 0 Å². The number of piperidine rings is 1. The molecule has 0 radical (unpaired) electrons. The molecule has 2 saturated heterocycles. The van der Waals surface area contributed by atoms with Gasteiger partial charge in [0.15, 0.2) is 0 Å². The summed E-state index contributed by atoms with van der Waals surface area (Å²) in [5, 5.41) is 0. The summed E-state index contributed by atoms with van der Waals surface area (Å²) in [7, 11) is 0. The van der Waals surface area contributed by atoms with Crippen molar-refractivity contribution >= 4 is 0 Å². The van der Waals surface area contributed by atoms with Crippen LogP contribution < -0.4 is 0 Å². The van der Waals surface area contributed by atoms with Crippen molar-refractivity contribution in [1.82, 2.24) is 4.90 Å². The fourth-order valence-corrected chi connectivity index (χ4v) is 5.09. The summed E-state index contributed by atoms with van der Waals surface area (Å²) in [6.07, 6.45) is 2.36. The summed E-state index contributed by atoms with van der Waals surface area (Å²) in [5.74, 6) is 0. The number of nitrogens with zero attached hydrogens (tertiary/aromatic N) is 1. The largest absolute Gasteiger partial charge is 0.372 e. The first-order chi connectivity index (χ1) is 16.4. The molecular weight excluding hydrogens is 410 g/mol. The van der Waals surface area contributed by atoms with Crippen LogP contribution in [0.25, 0.3) is 0 Å². The molecule has 33 heavy (non-hydrogen) atoms. The van der Waals surface area contributed by atoms with E-state index >= 15 is 0 Å². The van der Waals surface area contributed by atoms with Crippen molar-refractivity contribution in [3.8, 4) is 0 Å². The average Bonchev–Trinajstić information content (AvgIpc) is 3.25. The zero-order valence-electron chi connectivity index (χ0n) is 19.1. The Labute approximate surface area is 197 Å². The van der Waals surface area contributed by atoms with Crippen LogP contribution in [0, 0.1) is 0 Å². The van der Waals surface area contributed by atoms with Gasteiger partial charge in [0, 0.05) is 6.54 Å². The summed E-state index contributed by atoms with van der Waals surface area (Å²) in [6, 6.07) is 31.5. The van der Waals surface area contributed by atoms with Crippen LogP contribution in [-0.4, -0.2) is 42.3 Å². The molecular formula is C29H33NO3. The Hall–Kier alpha value is -2.50. The molecule has 5 rings (SSSR count). The van der Waals surface area contributed by atoms with Gasteiger partial charge >= 0.3 is 0 Å². The molecule has 0 saturated carbocycles. The summed E-state index contributed by atoms with van der Waals surface area (Å²) < 4.78 is 19.6. The van der Waals surface area contributed by atoms with Crippen LogP contribution in [-0.2, 0) is 34.0 Å². The highest BCUT2D eigenvalue weighted by molar-refractivity contribution is 5.16. The van der Waals surface area contributed by atoms with Crippen molar-refractivity contribution in [2.75, 3.05) is 13.1 Å². The molecule has 2 aliphatic heterocycles. The van der Waals surface area contributed by atoms with Crippen molar-refractivity contribution in [2.24, 2.45) is 0 Å². The second-order valence-electron chi connectivity index (χ2n) is 9.06. The number of hydrogen-bond acceptors (Lipinski definition) is 4. The smallest absolute Gasteiger partial charge is 0.103 e. The van der Waals surface area contributed by atoms with Gasteiger partial charge in [-0.25, -0.2) is 0 Å². The molecule has 2 heterocycles. The predicted octanol–water partition coefficient (Wildman–Crippen LogP) is 5.22. The highest BCUT2D eigenvalue weighted by Gasteiger charge is 2.49. The maximum Gasteiger partial charge on any atom is 0.103 e. The third-order valence-electron chi connectivity index (χ3n) is 6.75. The van der Waals surface area contributed by atoms with Gasteiger partial charge < -0.3 is 14.2 Å². The van der Waals surface area contributed by atoms with Crippen molar-refractivity contribution < 1.29 is 14.2 Å². The first-order valence-electron chi connectivity index (χ1n) is 12.1. The lowest BCUT2D eigenvalue weighted by Crippen LogP contribution is -2.51. The van der Waals surface area contributed by atoms with Gasteiger partial charge in [0.1, 0.15) is 6.10 Å². The van der Waals surface area contributed by atoms with Gasteiger partial charge in [-0.1, -0.05) is 91.0 Å². The lowest BCUT2D eigenvalue weighted by atomic mass is 9.96. The van der Waals surface area contributed by atoms with E-state index in [4.69, 9.17) is 14.2 Å². The number of ether oxygens (including phenoxy) is 3. The first-order valence-corrected chi connectivity index (χ1v) is 12.1. The fraction of sp³-hybridized carbons (Fsp3) is 0.379. The Morgan fingerprint density at radius 2 is 1.09 bits per heavy atom. The van der Waals surface area contributed by atoms with E-state index in [1.54, 1.807) is 0 Å². The molecule has 4 atom stereocenters. The van der Waals surface area contributed by atoms with E-state index in [1.165, 1.54) is 16.7 Å². The molecule has 4 nitrogen and oxygen atoms in total. The standard InChI is InChI=1S/C29H33NO3/c1-4-11-23(12-5-1)20-31-26-17-10-18-30-19-27(32-21-24-13-6-2-7-14-24)29(28(26)30)33-22-25-15-8-3-9-16-25/h1-9,11-16,26-29H,10,17-22H2/t26-,27-,28+,29-/m0/s1. The molecule has 0 aliphatic carbocycles. The number of benzene rings is 3.